The zero-order valence-electron chi connectivity index (χ0n) is 10.2. The molecule has 0 fully saturated rings. The third kappa shape index (κ3) is 2.39. The molecule has 0 bridgehead atoms. The molecular formula is C14H9BrN2O2S. The van der Waals surface area contributed by atoms with Crippen molar-refractivity contribution in [2.75, 3.05) is 5.73 Å². The lowest BCUT2D eigenvalue weighted by molar-refractivity contribution is 0.560. The van der Waals surface area contributed by atoms with Crippen LogP contribution in [0, 0.1) is 0 Å². The molecule has 0 amide bonds. The number of nitrogen functional groups attached to an aromatic ring is 1. The quantitative estimate of drug-likeness (QED) is 0.765. The summed E-state index contributed by atoms with van der Waals surface area (Å²) in [6, 6.07) is 11.6. The maximum absolute atomic E-state index is 11.6. The van der Waals surface area contributed by atoms with Crippen molar-refractivity contribution in [1.82, 2.24) is 4.98 Å². The van der Waals surface area contributed by atoms with Crippen molar-refractivity contribution in [2.45, 2.75) is 0 Å². The molecule has 0 aliphatic rings. The second kappa shape index (κ2) is 5.22. The van der Waals surface area contributed by atoms with Gasteiger partial charge in [-0.05, 0) is 32.9 Å². The minimum absolute atomic E-state index is 0.143. The van der Waals surface area contributed by atoms with Crippen LogP contribution in [0.5, 0.6) is 0 Å². The van der Waals surface area contributed by atoms with Crippen LogP contribution in [0.2, 0.25) is 0 Å². The van der Waals surface area contributed by atoms with Gasteiger partial charge in [0.05, 0.1) is 0 Å². The molecule has 2 N–H and O–H groups in total. The van der Waals surface area contributed by atoms with Crippen molar-refractivity contribution in [2.24, 2.45) is 0 Å². The van der Waals surface area contributed by atoms with Crippen LogP contribution in [-0.4, -0.2) is 4.98 Å². The predicted molar refractivity (Wildman–Crippen MR) is 83.6 cm³/mol. The minimum Gasteiger partial charge on any atom is -0.424 e. The molecule has 100 valence electrons. The van der Waals surface area contributed by atoms with Crippen molar-refractivity contribution < 1.29 is 4.42 Å². The summed E-state index contributed by atoms with van der Waals surface area (Å²) in [5, 5.41) is 2.03. The molecule has 0 aliphatic carbocycles. The van der Waals surface area contributed by atoms with E-state index in [2.05, 4.69) is 27.0 Å². The second-order valence-electron chi connectivity index (χ2n) is 4.06. The van der Waals surface area contributed by atoms with Gasteiger partial charge in [0.2, 0.25) is 0 Å². The molecule has 20 heavy (non-hydrogen) atoms. The van der Waals surface area contributed by atoms with E-state index in [-0.39, 0.29) is 10.5 Å². The Kier molecular flexibility index (Phi) is 3.42. The molecule has 3 aromatic rings. The summed E-state index contributed by atoms with van der Waals surface area (Å²) < 4.78 is 5.60. The van der Waals surface area contributed by atoms with Gasteiger partial charge >= 0.3 is 0 Å². The van der Waals surface area contributed by atoms with Gasteiger partial charge in [0, 0.05) is 10.4 Å². The first-order valence-electron chi connectivity index (χ1n) is 5.75. The third-order valence-electron chi connectivity index (χ3n) is 2.76. The molecule has 3 rings (SSSR count). The van der Waals surface area contributed by atoms with E-state index in [0.29, 0.717) is 5.76 Å². The smallest absolute Gasteiger partial charge is 0.295 e. The lowest BCUT2D eigenvalue weighted by atomic mass is 10.1. The Labute approximate surface area is 127 Å². The molecule has 0 spiro atoms. The van der Waals surface area contributed by atoms with Crippen molar-refractivity contribution in [1.29, 1.82) is 0 Å². The van der Waals surface area contributed by atoms with E-state index in [1.54, 1.807) is 11.3 Å². The Morgan fingerprint density at radius 3 is 2.50 bits per heavy atom. The fourth-order valence-corrected chi connectivity index (χ4v) is 2.96. The fourth-order valence-electron chi connectivity index (χ4n) is 1.83. The van der Waals surface area contributed by atoms with E-state index in [4.69, 9.17) is 10.2 Å². The summed E-state index contributed by atoms with van der Waals surface area (Å²) >= 11 is 4.86. The van der Waals surface area contributed by atoms with E-state index >= 15 is 0 Å². The Balaban J connectivity index is 2.06. The fraction of sp³-hybridized carbons (Fsp3) is 0. The maximum Gasteiger partial charge on any atom is 0.295 e. The number of hydrogen-bond acceptors (Lipinski definition) is 5. The van der Waals surface area contributed by atoms with E-state index in [9.17, 15) is 4.79 Å². The van der Waals surface area contributed by atoms with Crippen LogP contribution in [0.4, 0.5) is 6.01 Å². The summed E-state index contributed by atoms with van der Waals surface area (Å²) in [7, 11) is 0. The number of aromatic nitrogens is 1. The van der Waals surface area contributed by atoms with Crippen molar-refractivity contribution in [3.8, 4) is 21.8 Å². The van der Waals surface area contributed by atoms with Gasteiger partial charge < -0.3 is 10.2 Å². The molecule has 0 unspecified atom stereocenters. The lowest BCUT2D eigenvalue weighted by Gasteiger charge is -2.04. The van der Waals surface area contributed by atoms with Crippen LogP contribution in [0.1, 0.15) is 0 Å². The molecule has 0 aliphatic heterocycles. The molecule has 2 heterocycles. The monoisotopic (exact) mass is 348 g/mol. The highest BCUT2D eigenvalue weighted by Crippen LogP contribution is 2.30. The van der Waals surface area contributed by atoms with Gasteiger partial charge in [-0.3, -0.25) is 4.79 Å². The Bertz CT molecular complexity index is 795. The van der Waals surface area contributed by atoms with Crippen LogP contribution in [-0.2, 0) is 0 Å². The normalized spacial score (nSPS) is 10.7. The van der Waals surface area contributed by atoms with Gasteiger partial charge in [0.1, 0.15) is 4.47 Å². The zero-order valence-corrected chi connectivity index (χ0v) is 12.6. The number of rotatable bonds is 2. The van der Waals surface area contributed by atoms with Crippen LogP contribution in [0.15, 0.2) is 55.5 Å². The van der Waals surface area contributed by atoms with Gasteiger partial charge in [-0.25, -0.2) is 0 Å². The van der Waals surface area contributed by atoms with Gasteiger partial charge in [-0.1, -0.05) is 30.3 Å². The minimum atomic E-state index is -0.439. The van der Waals surface area contributed by atoms with Crippen LogP contribution >= 0.6 is 27.3 Å². The van der Waals surface area contributed by atoms with E-state index in [1.165, 1.54) is 4.88 Å². The number of hydrogen-bond donors (Lipinski definition) is 1. The number of thiophene rings is 1. The van der Waals surface area contributed by atoms with E-state index < -0.39 is 5.56 Å². The highest BCUT2D eigenvalue weighted by molar-refractivity contribution is 9.10. The summed E-state index contributed by atoms with van der Waals surface area (Å²) in [6.45, 7) is 0. The molecule has 1 aromatic carbocycles. The van der Waals surface area contributed by atoms with Crippen LogP contribution in [0.25, 0.3) is 21.8 Å². The molecule has 0 atom stereocenters. The summed E-state index contributed by atoms with van der Waals surface area (Å²) in [4.78, 5) is 16.3. The lowest BCUT2D eigenvalue weighted by Crippen LogP contribution is -2.10. The van der Waals surface area contributed by atoms with E-state index in [1.807, 2.05) is 35.7 Å². The Morgan fingerprint density at radius 1 is 1.15 bits per heavy atom. The average molecular weight is 349 g/mol. The van der Waals surface area contributed by atoms with Crippen molar-refractivity contribution in [3.05, 3.63) is 56.6 Å². The van der Waals surface area contributed by atoms with Crippen molar-refractivity contribution >= 4 is 33.3 Å². The largest absolute Gasteiger partial charge is 0.424 e. The summed E-state index contributed by atoms with van der Waals surface area (Å²) in [5.41, 5.74) is 6.92. The standard InChI is InChI=1S/C14H9BrN2O2S/c15-11-12(19-14(16)17-13(11)18)9-5-3-8(4-6-9)10-2-1-7-20-10/h1-7H,(H2,16,17,18). The first-order chi connectivity index (χ1) is 9.65. The Morgan fingerprint density at radius 2 is 1.85 bits per heavy atom. The van der Waals surface area contributed by atoms with Gasteiger partial charge in [-0.15, -0.1) is 11.3 Å². The van der Waals surface area contributed by atoms with E-state index in [0.717, 1.165) is 11.1 Å². The highest BCUT2D eigenvalue weighted by atomic mass is 79.9. The molecule has 4 nitrogen and oxygen atoms in total. The number of benzene rings is 1. The average Bonchev–Trinajstić information content (AvgIpc) is 2.97. The third-order valence-corrected chi connectivity index (χ3v) is 4.38. The molecule has 0 radical (unpaired) electrons. The van der Waals surface area contributed by atoms with Crippen molar-refractivity contribution in [3.63, 3.8) is 0 Å². The van der Waals surface area contributed by atoms with Gasteiger partial charge in [-0.2, -0.15) is 4.98 Å². The zero-order chi connectivity index (χ0) is 14.1. The SMILES string of the molecule is Nc1nc(=O)c(Br)c(-c2ccc(-c3cccs3)cc2)o1. The first kappa shape index (κ1) is 13.1. The number of nitrogens with two attached hydrogens (primary N) is 1. The molecule has 0 saturated heterocycles. The highest BCUT2D eigenvalue weighted by Gasteiger charge is 2.12. The summed E-state index contributed by atoms with van der Waals surface area (Å²) in [5.74, 6) is 0.389. The molecule has 0 saturated carbocycles. The van der Waals surface area contributed by atoms with Gasteiger partial charge in [0.25, 0.3) is 11.6 Å². The molecular weight excluding hydrogens is 340 g/mol. The van der Waals surface area contributed by atoms with Crippen LogP contribution < -0.4 is 11.3 Å². The molecule has 6 heteroatoms. The second-order valence-corrected chi connectivity index (χ2v) is 5.80. The predicted octanol–water partition coefficient (Wildman–Crippen LogP) is 3.78. The number of anilines is 1. The van der Waals surface area contributed by atoms with Crippen LogP contribution in [0.3, 0.4) is 0 Å². The number of halogens is 1. The summed E-state index contributed by atoms with van der Waals surface area (Å²) in [6.07, 6.45) is 0. The number of nitrogens with zero attached hydrogens (tertiary/aromatic N) is 1. The van der Waals surface area contributed by atoms with Gasteiger partial charge in [0.15, 0.2) is 5.76 Å². The maximum atomic E-state index is 11.6. The first-order valence-corrected chi connectivity index (χ1v) is 7.43. The Hall–Kier alpha value is -1.92. The molecule has 2 aromatic heterocycles. The topological polar surface area (TPSA) is 69.1 Å².